The van der Waals surface area contributed by atoms with E-state index in [2.05, 4.69) is 12.2 Å². The Morgan fingerprint density at radius 1 is 1.09 bits per heavy atom. The van der Waals surface area contributed by atoms with Crippen LogP contribution in [0, 0.1) is 5.92 Å². The number of rotatable bonds is 12. The van der Waals surface area contributed by atoms with Gasteiger partial charge in [-0.05, 0) is 18.8 Å². The number of ether oxygens (including phenoxy) is 1. The van der Waals surface area contributed by atoms with Crippen molar-refractivity contribution in [1.82, 2.24) is 5.32 Å². The molecule has 22 heavy (non-hydrogen) atoms. The van der Waals surface area contributed by atoms with Gasteiger partial charge >= 0.3 is 5.97 Å². The van der Waals surface area contributed by atoms with Gasteiger partial charge in [0.2, 0.25) is 5.91 Å². The molecule has 0 aliphatic carbocycles. The molecule has 5 nitrogen and oxygen atoms in total. The molecule has 0 bridgehead atoms. The van der Waals surface area contributed by atoms with Crippen molar-refractivity contribution in [2.75, 3.05) is 7.11 Å². The van der Waals surface area contributed by atoms with Crippen molar-refractivity contribution >= 4 is 11.9 Å². The van der Waals surface area contributed by atoms with Crippen molar-refractivity contribution in [1.29, 1.82) is 0 Å². The van der Waals surface area contributed by atoms with E-state index in [0.29, 0.717) is 18.8 Å². The molecule has 0 aliphatic heterocycles. The summed E-state index contributed by atoms with van der Waals surface area (Å²) in [4.78, 5) is 23.8. The van der Waals surface area contributed by atoms with Crippen LogP contribution in [0.2, 0.25) is 0 Å². The molecule has 0 aromatic rings. The molecule has 130 valence electrons. The Morgan fingerprint density at radius 3 is 2.23 bits per heavy atom. The first-order chi connectivity index (χ1) is 10.4. The molecule has 0 aromatic carbocycles. The van der Waals surface area contributed by atoms with Crippen molar-refractivity contribution in [3.05, 3.63) is 0 Å². The molecular weight excluding hydrogens is 280 g/mol. The van der Waals surface area contributed by atoms with Gasteiger partial charge in [-0.25, -0.2) is 4.79 Å². The summed E-state index contributed by atoms with van der Waals surface area (Å²) >= 11 is 0. The second-order valence-electron chi connectivity index (χ2n) is 6.38. The molecule has 0 radical (unpaired) electrons. The zero-order valence-corrected chi connectivity index (χ0v) is 14.7. The first kappa shape index (κ1) is 20.9. The van der Waals surface area contributed by atoms with Crippen LogP contribution in [0.1, 0.15) is 72.1 Å². The van der Waals surface area contributed by atoms with Crippen molar-refractivity contribution < 1.29 is 14.3 Å². The van der Waals surface area contributed by atoms with Gasteiger partial charge in [0.15, 0.2) is 0 Å². The van der Waals surface area contributed by atoms with Gasteiger partial charge in [0.05, 0.1) is 13.2 Å². The van der Waals surface area contributed by atoms with E-state index in [1.54, 1.807) is 0 Å². The fraction of sp³-hybridized carbons (Fsp3) is 0.882. The third-order valence-corrected chi connectivity index (χ3v) is 3.71. The van der Waals surface area contributed by atoms with Gasteiger partial charge in [-0.15, -0.1) is 0 Å². The average Bonchev–Trinajstić information content (AvgIpc) is 2.47. The predicted octanol–water partition coefficient (Wildman–Crippen LogP) is 2.77. The normalized spacial score (nSPS) is 13.7. The molecule has 0 aromatic heterocycles. The summed E-state index contributed by atoms with van der Waals surface area (Å²) in [6.07, 6.45) is 8.06. The number of hydrogen-bond donors (Lipinski definition) is 2. The largest absolute Gasteiger partial charge is 0.467 e. The van der Waals surface area contributed by atoms with Crippen LogP contribution in [0.3, 0.4) is 0 Å². The Labute approximate surface area is 135 Å². The molecule has 5 heteroatoms. The number of methoxy groups -OCH3 is 1. The lowest BCUT2D eigenvalue weighted by atomic mass is 10.0. The first-order valence-electron chi connectivity index (χ1n) is 8.56. The molecule has 0 saturated heterocycles. The number of carbonyl (C=O) groups is 2. The maximum atomic E-state index is 12.0. The van der Waals surface area contributed by atoms with Crippen LogP contribution in [-0.2, 0) is 14.3 Å². The van der Waals surface area contributed by atoms with E-state index in [0.717, 1.165) is 12.8 Å². The number of nitrogens with two attached hydrogens (primary N) is 1. The standard InChI is InChI=1S/C17H34N2O3/c1-5-6-7-8-9-10-11-15(17(21)22-4)19-16(20)14(18)12-13(2)3/h13-15H,5-12,18H2,1-4H3,(H,19,20)/t14-,15-/m1/s1. The van der Waals surface area contributed by atoms with Gasteiger partial charge < -0.3 is 15.8 Å². The van der Waals surface area contributed by atoms with Crippen LogP contribution in [-0.4, -0.2) is 31.1 Å². The third-order valence-electron chi connectivity index (χ3n) is 3.71. The minimum atomic E-state index is -0.582. The second kappa shape index (κ2) is 12.4. The number of unbranched alkanes of at least 4 members (excludes halogenated alkanes) is 5. The third kappa shape index (κ3) is 9.77. The topological polar surface area (TPSA) is 81.4 Å². The van der Waals surface area contributed by atoms with E-state index >= 15 is 0 Å². The Hall–Kier alpha value is -1.10. The van der Waals surface area contributed by atoms with E-state index < -0.39 is 18.1 Å². The van der Waals surface area contributed by atoms with Crippen LogP contribution in [0.15, 0.2) is 0 Å². The van der Waals surface area contributed by atoms with Crippen LogP contribution in [0.4, 0.5) is 0 Å². The average molecular weight is 314 g/mol. The van der Waals surface area contributed by atoms with Gasteiger partial charge in [0.25, 0.3) is 0 Å². The van der Waals surface area contributed by atoms with Crippen LogP contribution in [0.5, 0.6) is 0 Å². The van der Waals surface area contributed by atoms with Gasteiger partial charge in [0.1, 0.15) is 6.04 Å². The lowest BCUT2D eigenvalue weighted by Crippen LogP contribution is -2.49. The summed E-state index contributed by atoms with van der Waals surface area (Å²) < 4.78 is 4.78. The fourth-order valence-corrected chi connectivity index (χ4v) is 2.41. The summed E-state index contributed by atoms with van der Waals surface area (Å²) in [5.41, 5.74) is 5.85. The smallest absolute Gasteiger partial charge is 0.328 e. The van der Waals surface area contributed by atoms with Crippen molar-refractivity contribution in [3.63, 3.8) is 0 Å². The van der Waals surface area contributed by atoms with Gasteiger partial charge in [0, 0.05) is 0 Å². The van der Waals surface area contributed by atoms with E-state index in [1.165, 1.54) is 32.8 Å². The van der Waals surface area contributed by atoms with Crippen molar-refractivity contribution in [2.24, 2.45) is 11.7 Å². The Kier molecular flexibility index (Phi) is 11.8. The molecule has 0 unspecified atom stereocenters. The molecule has 2 atom stereocenters. The zero-order valence-electron chi connectivity index (χ0n) is 14.7. The van der Waals surface area contributed by atoms with E-state index in [1.807, 2.05) is 13.8 Å². The highest BCUT2D eigenvalue weighted by atomic mass is 16.5. The molecular formula is C17H34N2O3. The molecule has 0 rings (SSSR count). The van der Waals surface area contributed by atoms with Crippen LogP contribution in [0.25, 0.3) is 0 Å². The SMILES string of the molecule is CCCCCCCC[C@@H](NC(=O)[C@H](N)CC(C)C)C(=O)OC. The number of nitrogens with one attached hydrogen (secondary N) is 1. The highest BCUT2D eigenvalue weighted by molar-refractivity contribution is 5.87. The van der Waals surface area contributed by atoms with Crippen molar-refractivity contribution in [2.45, 2.75) is 84.2 Å². The molecule has 0 fully saturated rings. The monoisotopic (exact) mass is 314 g/mol. The Bertz CT molecular complexity index is 319. The second-order valence-corrected chi connectivity index (χ2v) is 6.38. The molecule has 0 heterocycles. The molecule has 0 saturated carbocycles. The van der Waals surface area contributed by atoms with E-state index in [9.17, 15) is 9.59 Å². The van der Waals surface area contributed by atoms with Crippen molar-refractivity contribution in [3.8, 4) is 0 Å². The van der Waals surface area contributed by atoms with E-state index in [4.69, 9.17) is 10.5 Å². The van der Waals surface area contributed by atoms with Gasteiger partial charge in [-0.3, -0.25) is 4.79 Å². The number of esters is 1. The summed E-state index contributed by atoms with van der Waals surface area (Å²) in [7, 11) is 1.34. The minimum absolute atomic E-state index is 0.268. The minimum Gasteiger partial charge on any atom is -0.467 e. The molecule has 3 N–H and O–H groups in total. The quantitative estimate of drug-likeness (QED) is 0.429. The van der Waals surface area contributed by atoms with Gasteiger partial charge in [-0.2, -0.15) is 0 Å². The van der Waals surface area contributed by atoms with Crippen LogP contribution < -0.4 is 11.1 Å². The lowest BCUT2D eigenvalue weighted by molar-refractivity contribution is -0.145. The summed E-state index contributed by atoms with van der Waals surface area (Å²) in [6.45, 7) is 6.21. The summed E-state index contributed by atoms with van der Waals surface area (Å²) in [5, 5.41) is 2.74. The maximum Gasteiger partial charge on any atom is 0.328 e. The van der Waals surface area contributed by atoms with E-state index in [-0.39, 0.29) is 5.91 Å². The highest BCUT2D eigenvalue weighted by Crippen LogP contribution is 2.10. The Balaban J connectivity index is 4.23. The number of hydrogen-bond acceptors (Lipinski definition) is 4. The van der Waals surface area contributed by atoms with Crippen LogP contribution >= 0.6 is 0 Å². The Morgan fingerprint density at radius 2 is 1.68 bits per heavy atom. The highest BCUT2D eigenvalue weighted by Gasteiger charge is 2.24. The fourth-order valence-electron chi connectivity index (χ4n) is 2.41. The maximum absolute atomic E-state index is 12.0. The molecule has 0 spiro atoms. The summed E-state index contributed by atoms with van der Waals surface area (Å²) in [6, 6.07) is -1.15. The summed E-state index contributed by atoms with van der Waals surface area (Å²) in [5.74, 6) is -0.315. The first-order valence-corrected chi connectivity index (χ1v) is 8.56. The lowest BCUT2D eigenvalue weighted by Gasteiger charge is -2.20. The predicted molar refractivity (Wildman–Crippen MR) is 89.4 cm³/mol. The number of amides is 1. The van der Waals surface area contributed by atoms with Gasteiger partial charge in [-0.1, -0.05) is 59.3 Å². The molecule has 0 aliphatic rings. The molecule has 1 amide bonds. The number of carbonyl (C=O) groups excluding carboxylic acids is 2. The zero-order chi connectivity index (χ0) is 17.0.